The lowest BCUT2D eigenvalue weighted by Crippen LogP contribution is -2.33. The van der Waals surface area contributed by atoms with Gasteiger partial charge in [-0.25, -0.2) is 4.98 Å². The zero-order chi connectivity index (χ0) is 14.7. The molecule has 1 saturated heterocycles. The van der Waals surface area contributed by atoms with Crippen molar-refractivity contribution in [3.05, 3.63) is 42.1 Å². The summed E-state index contributed by atoms with van der Waals surface area (Å²) >= 11 is 0. The molecule has 0 bridgehead atoms. The third-order valence-corrected chi connectivity index (χ3v) is 3.73. The smallest absolute Gasteiger partial charge is 0.227 e. The number of anilines is 3. The molecular formula is C16H20N4O. The third-order valence-electron chi connectivity index (χ3n) is 3.73. The maximum absolute atomic E-state index is 9.46. The Morgan fingerprint density at radius 1 is 1.29 bits per heavy atom. The Balaban J connectivity index is 1.86. The summed E-state index contributed by atoms with van der Waals surface area (Å²) in [6.07, 6.45) is 2.07. The minimum atomic E-state index is 0.136. The molecule has 0 radical (unpaired) electrons. The second kappa shape index (κ2) is 6.10. The van der Waals surface area contributed by atoms with Crippen LogP contribution in [0, 0.1) is 6.92 Å². The Kier molecular flexibility index (Phi) is 4.01. The number of aryl methyl sites for hydroxylation is 1. The van der Waals surface area contributed by atoms with Crippen LogP contribution in [-0.4, -0.2) is 34.3 Å². The predicted octanol–water partition coefficient (Wildman–Crippen LogP) is 2.49. The van der Waals surface area contributed by atoms with Crippen molar-refractivity contribution in [1.29, 1.82) is 0 Å². The number of aliphatic hydroxyl groups excluding tert-OH is 1. The molecule has 5 nitrogen and oxygen atoms in total. The lowest BCUT2D eigenvalue weighted by molar-refractivity contribution is 0.265. The van der Waals surface area contributed by atoms with E-state index in [0.717, 1.165) is 36.6 Å². The first-order chi connectivity index (χ1) is 10.3. The Hall–Kier alpha value is -2.14. The molecule has 2 aromatic rings. The first kappa shape index (κ1) is 13.8. The Morgan fingerprint density at radius 3 is 2.86 bits per heavy atom. The molecule has 1 atom stereocenters. The van der Waals surface area contributed by atoms with E-state index in [-0.39, 0.29) is 12.6 Å². The monoisotopic (exact) mass is 284 g/mol. The van der Waals surface area contributed by atoms with Crippen molar-refractivity contribution < 1.29 is 5.11 Å². The van der Waals surface area contributed by atoms with Crippen molar-refractivity contribution in [2.24, 2.45) is 0 Å². The zero-order valence-electron chi connectivity index (χ0n) is 12.2. The summed E-state index contributed by atoms with van der Waals surface area (Å²) in [6.45, 7) is 3.02. The predicted molar refractivity (Wildman–Crippen MR) is 83.9 cm³/mol. The van der Waals surface area contributed by atoms with E-state index in [9.17, 15) is 5.11 Å². The summed E-state index contributed by atoms with van der Waals surface area (Å²) in [4.78, 5) is 11.2. The van der Waals surface area contributed by atoms with E-state index >= 15 is 0 Å². The molecule has 1 aliphatic heterocycles. The van der Waals surface area contributed by atoms with Gasteiger partial charge >= 0.3 is 0 Å². The Bertz CT molecular complexity index is 602. The van der Waals surface area contributed by atoms with Crippen molar-refractivity contribution in [2.45, 2.75) is 25.8 Å². The van der Waals surface area contributed by atoms with Gasteiger partial charge in [0.05, 0.1) is 12.6 Å². The molecule has 0 aliphatic carbocycles. The van der Waals surface area contributed by atoms with Gasteiger partial charge in [0.25, 0.3) is 0 Å². The van der Waals surface area contributed by atoms with Gasteiger partial charge in [0.2, 0.25) is 5.95 Å². The average molecular weight is 284 g/mol. The van der Waals surface area contributed by atoms with Crippen molar-refractivity contribution >= 4 is 17.5 Å². The van der Waals surface area contributed by atoms with E-state index in [1.165, 1.54) is 0 Å². The van der Waals surface area contributed by atoms with Crippen molar-refractivity contribution in [3.8, 4) is 0 Å². The maximum atomic E-state index is 9.46. The Labute approximate surface area is 124 Å². The molecule has 1 unspecified atom stereocenters. The number of aliphatic hydroxyl groups is 1. The molecule has 1 aromatic carbocycles. The summed E-state index contributed by atoms with van der Waals surface area (Å²) in [5, 5.41) is 12.8. The minimum absolute atomic E-state index is 0.136. The fraction of sp³-hybridized carbons (Fsp3) is 0.375. The fourth-order valence-electron chi connectivity index (χ4n) is 2.70. The highest BCUT2D eigenvalue weighted by Gasteiger charge is 2.26. The van der Waals surface area contributed by atoms with E-state index < -0.39 is 0 Å². The molecule has 5 heteroatoms. The van der Waals surface area contributed by atoms with Gasteiger partial charge in [-0.2, -0.15) is 4.98 Å². The highest BCUT2D eigenvalue weighted by Crippen LogP contribution is 2.24. The number of hydrogen-bond acceptors (Lipinski definition) is 5. The molecule has 0 amide bonds. The SMILES string of the molecule is Cc1cc(Nc2ccccc2)nc(N2CCCC2CO)n1. The van der Waals surface area contributed by atoms with Gasteiger partial charge in [-0.05, 0) is 31.9 Å². The molecule has 2 heterocycles. The third kappa shape index (κ3) is 3.13. The van der Waals surface area contributed by atoms with Crippen molar-refractivity contribution in [2.75, 3.05) is 23.4 Å². The van der Waals surface area contributed by atoms with Gasteiger partial charge in [-0.3, -0.25) is 0 Å². The quantitative estimate of drug-likeness (QED) is 0.903. The lowest BCUT2D eigenvalue weighted by Gasteiger charge is -2.23. The van der Waals surface area contributed by atoms with Crippen LogP contribution in [0.15, 0.2) is 36.4 Å². The number of benzene rings is 1. The zero-order valence-corrected chi connectivity index (χ0v) is 12.2. The first-order valence-electron chi connectivity index (χ1n) is 7.31. The second-order valence-corrected chi connectivity index (χ2v) is 5.36. The summed E-state index contributed by atoms with van der Waals surface area (Å²) in [6, 6.07) is 12.0. The van der Waals surface area contributed by atoms with Gasteiger partial charge in [0.1, 0.15) is 5.82 Å². The van der Waals surface area contributed by atoms with Crippen LogP contribution in [0.2, 0.25) is 0 Å². The van der Waals surface area contributed by atoms with Gasteiger partial charge in [0, 0.05) is 24.0 Å². The number of nitrogens with zero attached hydrogens (tertiary/aromatic N) is 3. The van der Waals surface area contributed by atoms with E-state index in [2.05, 4.69) is 20.2 Å². The van der Waals surface area contributed by atoms with E-state index in [1.54, 1.807) is 0 Å². The van der Waals surface area contributed by atoms with Gasteiger partial charge in [-0.15, -0.1) is 0 Å². The van der Waals surface area contributed by atoms with Crippen LogP contribution in [0.3, 0.4) is 0 Å². The van der Waals surface area contributed by atoms with Gasteiger partial charge in [0.15, 0.2) is 0 Å². The second-order valence-electron chi connectivity index (χ2n) is 5.36. The lowest BCUT2D eigenvalue weighted by atomic mass is 10.2. The normalized spacial score (nSPS) is 18.0. The average Bonchev–Trinajstić information content (AvgIpc) is 2.96. The molecular weight excluding hydrogens is 264 g/mol. The molecule has 3 rings (SSSR count). The summed E-state index contributed by atoms with van der Waals surface area (Å²) in [7, 11) is 0. The number of para-hydroxylation sites is 1. The molecule has 2 N–H and O–H groups in total. The van der Waals surface area contributed by atoms with Crippen LogP contribution in [0.5, 0.6) is 0 Å². The van der Waals surface area contributed by atoms with Crippen molar-refractivity contribution in [3.63, 3.8) is 0 Å². The van der Waals surface area contributed by atoms with E-state index in [0.29, 0.717) is 5.95 Å². The Morgan fingerprint density at radius 2 is 2.10 bits per heavy atom. The van der Waals surface area contributed by atoms with Crippen LogP contribution in [0.1, 0.15) is 18.5 Å². The summed E-state index contributed by atoms with van der Waals surface area (Å²) < 4.78 is 0. The number of nitrogens with one attached hydrogen (secondary N) is 1. The highest BCUT2D eigenvalue weighted by molar-refractivity contribution is 5.57. The van der Waals surface area contributed by atoms with Crippen LogP contribution < -0.4 is 10.2 Å². The summed E-state index contributed by atoms with van der Waals surface area (Å²) in [5.41, 5.74) is 1.92. The fourth-order valence-corrected chi connectivity index (χ4v) is 2.70. The number of aromatic nitrogens is 2. The minimum Gasteiger partial charge on any atom is -0.394 e. The topological polar surface area (TPSA) is 61.3 Å². The van der Waals surface area contributed by atoms with Crippen LogP contribution >= 0.6 is 0 Å². The van der Waals surface area contributed by atoms with E-state index in [4.69, 9.17) is 0 Å². The van der Waals surface area contributed by atoms with Crippen LogP contribution in [0.25, 0.3) is 0 Å². The largest absolute Gasteiger partial charge is 0.394 e. The maximum Gasteiger partial charge on any atom is 0.227 e. The molecule has 21 heavy (non-hydrogen) atoms. The van der Waals surface area contributed by atoms with Crippen LogP contribution in [-0.2, 0) is 0 Å². The van der Waals surface area contributed by atoms with E-state index in [1.807, 2.05) is 43.3 Å². The first-order valence-corrected chi connectivity index (χ1v) is 7.31. The molecule has 1 aliphatic rings. The molecule has 1 aromatic heterocycles. The number of hydrogen-bond donors (Lipinski definition) is 2. The van der Waals surface area contributed by atoms with Gasteiger partial charge < -0.3 is 15.3 Å². The molecule has 110 valence electrons. The molecule has 1 fully saturated rings. The van der Waals surface area contributed by atoms with Gasteiger partial charge in [-0.1, -0.05) is 18.2 Å². The van der Waals surface area contributed by atoms with Crippen molar-refractivity contribution in [1.82, 2.24) is 9.97 Å². The van der Waals surface area contributed by atoms with Crippen LogP contribution in [0.4, 0.5) is 17.5 Å². The standard InChI is InChI=1S/C16H20N4O/c1-12-10-15(18-13-6-3-2-4-7-13)19-16(17-12)20-9-5-8-14(20)11-21/h2-4,6-7,10,14,21H,5,8-9,11H2,1H3,(H,17,18,19). The molecule has 0 spiro atoms. The summed E-state index contributed by atoms with van der Waals surface area (Å²) in [5.74, 6) is 1.48. The highest BCUT2D eigenvalue weighted by atomic mass is 16.3. The number of rotatable bonds is 4. The molecule has 0 saturated carbocycles.